The molecule has 1 aromatic carbocycles. The largest absolute Gasteiger partial charge is 0.365 e. The predicted octanol–water partition coefficient (Wildman–Crippen LogP) is 2.78. The highest BCUT2D eigenvalue weighted by Gasteiger charge is 2.42. The van der Waals surface area contributed by atoms with Crippen LogP contribution < -0.4 is 11.1 Å². The molecule has 1 aromatic heterocycles. The lowest BCUT2D eigenvalue weighted by molar-refractivity contribution is -0.118. The van der Waals surface area contributed by atoms with Gasteiger partial charge in [0.2, 0.25) is 0 Å². The van der Waals surface area contributed by atoms with E-state index in [9.17, 15) is 14.0 Å². The van der Waals surface area contributed by atoms with Crippen molar-refractivity contribution in [3.8, 4) is 0 Å². The molecule has 1 aliphatic carbocycles. The van der Waals surface area contributed by atoms with Crippen LogP contribution in [0.3, 0.4) is 0 Å². The molecule has 1 unspecified atom stereocenters. The van der Waals surface area contributed by atoms with Gasteiger partial charge < -0.3 is 11.1 Å². The van der Waals surface area contributed by atoms with Gasteiger partial charge in [0.15, 0.2) is 5.78 Å². The molecule has 0 fully saturated rings. The van der Waals surface area contributed by atoms with Crippen LogP contribution in [-0.2, 0) is 4.79 Å². The normalized spacial score (nSPS) is 21.0. The number of nitrogens with two attached hydrogens (primary N) is 1. The summed E-state index contributed by atoms with van der Waals surface area (Å²) in [6, 6.07) is 5.47. The molecule has 0 saturated heterocycles. The molecular formula is C19H19FN4O2. The molecule has 3 N–H and O–H groups in total. The number of ketones is 1. The third-order valence-electron chi connectivity index (χ3n) is 4.95. The fourth-order valence-electron chi connectivity index (χ4n) is 3.84. The number of fused-ring (bicyclic) bond motifs is 1. The summed E-state index contributed by atoms with van der Waals surface area (Å²) in [6.07, 6.45) is 2.48. The van der Waals surface area contributed by atoms with E-state index >= 15 is 0 Å². The lowest BCUT2D eigenvalue weighted by atomic mass is 9.73. The SMILES string of the molecule is CC1(C)CC(=O)C2=C(C1)Nc1c(C(N)=O)cnn1C2c1ccc(F)cc1. The fraction of sp³-hybridized carbons (Fsp3) is 0.316. The first kappa shape index (κ1) is 16.5. The van der Waals surface area contributed by atoms with Crippen molar-refractivity contribution in [3.63, 3.8) is 0 Å². The van der Waals surface area contributed by atoms with Gasteiger partial charge in [0.05, 0.1) is 6.20 Å². The van der Waals surface area contributed by atoms with E-state index in [4.69, 9.17) is 5.73 Å². The van der Waals surface area contributed by atoms with Crippen molar-refractivity contribution < 1.29 is 14.0 Å². The second-order valence-corrected chi connectivity index (χ2v) is 7.63. The molecule has 6 nitrogen and oxygen atoms in total. The van der Waals surface area contributed by atoms with Gasteiger partial charge in [-0.3, -0.25) is 9.59 Å². The number of carbonyl (C=O) groups is 2. The van der Waals surface area contributed by atoms with Gasteiger partial charge >= 0.3 is 0 Å². The highest BCUT2D eigenvalue weighted by Crippen LogP contribution is 2.46. The highest BCUT2D eigenvalue weighted by atomic mass is 19.1. The quantitative estimate of drug-likeness (QED) is 0.868. The van der Waals surface area contributed by atoms with Crippen LogP contribution in [0.15, 0.2) is 41.7 Å². The molecule has 1 aliphatic heterocycles. The molecule has 2 heterocycles. The van der Waals surface area contributed by atoms with Gasteiger partial charge in [0.1, 0.15) is 23.2 Å². The zero-order chi connectivity index (χ0) is 18.6. The minimum atomic E-state index is -0.595. The Morgan fingerprint density at radius 3 is 2.65 bits per heavy atom. The van der Waals surface area contributed by atoms with Crippen molar-refractivity contribution in [2.45, 2.75) is 32.7 Å². The Balaban J connectivity index is 1.94. The molecule has 26 heavy (non-hydrogen) atoms. The number of anilines is 1. The standard InChI is InChI=1S/C19H19FN4O2/c1-19(2)7-13-15(14(25)8-19)16(10-3-5-11(20)6-4-10)24-18(23-13)12(9-22-24)17(21)26/h3-6,9,16,23H,7-8H2,1-2H3,(H2,21,26). The van der Waals surface area contributed by atoms with Crippen LogP contribution in [-0.4, -0.2) is 21.5 Å². The Hall–Kier alpha value is -2.96. The van der Waals surface area contributed by atoms with Crippen LogP contribution >= 0.6 is 0 Å². The monoisotopic (exact) mass is 354 g/mol. The Morgan fingerprint density at radius 1 is 1.31 bits per heavy atom. The van der Waals surface area contributed by atoms with Crippen molar-refractivity contribution in [3.05, 3.63) is 58.7 Å². The number of Topliss-reactive ketones (excluding diaryl/α,β-unsaturated/α-hetero) is 1. The summed E-state index contributed by atoms with van der Waals surface area (Å²) in [6.45, 7) is 4.06. The lowest BCUT2D eigenvalue weighted by Crippen LogP contribution is -2.37. The average Bonchev–Trinajstić information content (AvgIpc) is 2.96. The first-order valence-corrected chi connectivity index (χ1v) is 8.43. The molecular weight excluding hydrogens is 335 g/mol. The number of aromatic nitrogens is 2. The molecule has 2 aromatic rings. The number of halogens is 1. The molecule has 0 spiro atoms. The van der Waals surface area contributed by atoms with Gasteiger partial charge in [-0.1, -0.05) is 26.0 Å². The lowest BCUT2D eigenvalue weighted by Gasteiger charge is -2.39. The summed E-state index contributed by atoms with van der Waals surface area (Å²) >= 11 is 0. The summed E-state index contributed by atoms with van der Waals surface area (Å²) in [5.41, 5.74) is 7.66. The molecule has 7 heteroatoms. The van der Waals surface area contributed by atoms with E-state index in [2.05, 4.69) is 10.4 Å². The maximum Gasteiger partial charge on any atom is 0.254 e. The van der Waals surface area contributed by atoms with Crippen molar-refractivity contribution >= 4 is 17.5 Å². The van der Waals surface area contributed by atoms with E-state index in [1.54, 1.807) is 16.8 Å². The molecule has 4 rings (SSSR count). The number of hydrogen-bond acceptors (Lipinski definition) is 4. The molecule has 0 bridgehead atoms. The highest BCUT2D eigenvalue weighted by molar-refractivity contribution is 6.02. The number of nitrogens with zero attached hydrogens (tertiary/aromatic N) is 2. The minimum absolute atomic E-state index is 0.0276. The number of primary amides is 1. The summed E-state index contributed by atoms with van der Waals surface area (Å²) in [4.78, 5) is 24.7. The van der Waals surface area contributed by atoms with Crippen LogP contribution in [0.1, 0.15) is 48.7 Å². The van der Waals surface area contributed by atoms with Gasteiger partial charge in [0, 0.05) is 17.7 Å². The van der Waals surface area contributed by atoms with Gasteiger partial charge in [-0.2, -0.15) is 5.10 Å². The number of allylic oxidation sites excluding steroid dienone is 2. The zero-order valence-corrected chi connectivity index (χ0v) is 14.5. The van der Waals surface area contributed by atoms with Crippen molar-refractivity contribution in [2.75, 3.05) is 5.32 Å². The Bertz CT molecular complexity index is 956. The second kappa shape index (κ2) is 5.52. The van der Waals surface area contributed by atoms with Crippen molar-refractivity contribution in [1.82, 2.24) is 9.78 Å². The third-order valence-corrected chi connectivity index (χ3v) is 4.95. The average molecular weight is 354 g/mol. The molecule has 1 amide bonds. The first-order valence-electron chi connectivity index (χ1n) is 8.43. The summed E-state index contributed by atoms with van der Waals surface area (Å²) < 4.78 is 15.0. The smallest absolute Gasteiger partial charge is 0.254 e. The van der Waals surface area contributed by atoms with Gasteiger partial charge in [0.25, 0.3) is 5.91 Å². The van der Waals surface area contributed by atoms with Crippen LogP contribution in [0.25, 0.3) is 0 Å². The third kappa shape index (κ3) is 2.51. The maximum atomic E-state index is 13.4. The Morgan fingerprint density at radius 2 is 2.00 bits per heavy atom. The van der Waals surface area contributed by atoms with E-state index in [-0.39, 0.29) is 22.6 Å². The van der Waals surface area contributed by atoms with Crippen LogP contribution in [0.5, 0.6) is 0 Å². The van der Waals surface area contributed by atoms with E-state index in [0.29, 0.717) is 24.2 Å². The van der Waals surface area contributed by atoms with Crippen molar-refractivity contribution in [1.29, 1.82) is 0 Å². The zero-order valence-electron chi connectivity index (χ0n) is 14.5. The van der Waals surface area contributed by atoms with E-state index in [1.807, 2.05) is 13.8 Å². The molecule has 2 aliphatic rings. The number of carbonyl (C=O) groups excluding carboxylic acids is 2. The number of benzene rings is 1. The van der Waals surface area contributed by atoms with E-state index in [1.165, 1.54) is 18.3 Å². The summed E-state index contributed by atoms with van der Waals surface area (Å²) in [5.74, 6) is -0.454. The van der Waals surface area contributed by atoms with Gasteiger partial charge in [-0.25, -0.2) is 9.07 Å². The van der Waals surface area contributed by atoms with E-state index in [0.717, 1.165) is 11.3 Å². The van der Waals surface area contributed by atoms with Crippen LogP contribution in [0, 0.1) is 11.2 Å². The number of nitrogens with one attached hydrogen (secondary N) is 1. The fourth-order valence-corrected chi connectivity index (χ4v) is 3.84. The van der Waals surface area contributed by atoms with Gasteiger partial charge in [-0.15, -0.1) is 0 Å². The Labute approximate surface area is 149 Å². The van der Waals surface area contributed by atoms with Crippen molar-refractivity contribution in [2.24, 2.45) is 11.1 Å². The number of amides is 1. The Kier molecular flexibility index (Phi) is 3.50. The maximum absolute atomic E-state index is 13.4. The van der Waals surface area contributed by atoms with Gasteiger partial charge in [-0.05, 0) is 29.5 Å². The topological polar surface area (TPSA) is 90.0 Å². The number of hydrogen-bond donors (Lipinski definition) is 2. The van der Waals surface area contributed by atoms with Crippen LogP contribution in [0.2, 0.25) is 0 Å². The summed E-state index contributed by atoms with van der Waals surface area (Å²) in [7, 11) is 0. The number of rotatable bonds is 2. The first-order chi connectivity index (χ1) is 12.3. The molecule has 134 valence electrons. The minimum Gasteiger partial charge on any atom is -0.365 e. The molecule has 1 atom stereocenters. The molecule has 0 saturated carbocycles. The predicted molar refractivity (Wildman–Crippen MR) is 94.0 cm³/mol. The second-order valence-electron chi connectivity index (χ2n) is 7.63. The van der Waals surface area contributed by atoms with Crippen LogP contribution in [0.4, 0.5) is 10.2 Å². The summed E-state index contributed by atoms with van der Waals surface area (Å²) in [5, 5.41) is 7.50. The van der Waals surface area contributed by atoms with E-state index < -0.39 is 11.9 Å². The molecule has 0 radical (unpaired) electrons.